The van der Waals surface area contributed by atoms with E-state index in [2.05, 4.69) is 10.3 Å². The Labute approximate surface area is 115 Å². The fourth-order valence-electron chi connectivity index (χ4n) is 1.57. The van der Waals surface area contributed by atoms with Crippen LogP contribution in [0.1, 0.15) is 11.3 Å². The molecule has 1 atom stereocenters. The highest BCUT2D eigenvalue weighted by atomic mass is 19.4. The van der Waals surface area contributed by atoms with Gasteiger partial charge in [0.25, 0.3) is 0 Å². The maximum atomic E-state index is 12.6. The number of halogens is 3. The first kappa shape index (κ1) is 16.7. The molecule has 1 unspecified atom stereocenters. The van der Waals surface area contributed by atoms with Gasteiger partial charge >= 0.3 is 6.18 Å². The van der Waals surface area contributed by atoms with Crippen LogP contribution < -0.4 is 11.1 Å². The van der Waals surface area contributed by atoms with Gasteiger partial charge in [-0.2, -0.15) is 13.2 Å². The molecule has 0 saturated carbocycles. The minimum absolute atomic E-state index is 0.0927. The molecule has 20 heavy (non-hydrogen) atoms. The molecule has 0 aromatic carbocycles. The molecule has 5 nitrogen and oxygen atoms in total. The Kier molecular flexibility index (Phi) is 6.18. The van der Waals surface area contributed by atoms with E-state index >= 15 is 0 Å². The third-order valence-electron chi connectivity index (χ3n) is 2.67. The fraction of sp³-hybridized carbons (Fsp3) is 0.583. The predicted octanol–water partition coefficient (Wildman–Crippen LogP) is 1.63. The molecule has 1 aromatic rings. The molecule has 3 N–H and O–H groups in total. The van der Waals surface area contributed by atoms with Crippen molar-refractivity contribution in [3.8, 4) is 0 Å². The van der Waals surface area contributed by atoms with Gasteiger partial charge in [0.1, 0.15) is 11.5 Å². The van der Waals surface area contributed by atoms with E-state index in [1.54, 1.807) is 0 Å². The molecule has 0 radical (unpaired) electrons. The number of aromatic nitrogens is 1. The van der Waals surface area contributed by atoms with Crippen molar-refractivity contribution in [2.45, 2.75) is 18.8 Å². The number of nitrogens with two attached hydrogens (primary N) is 1. The van der Waals surface area contributed by atoms with Crippen molar-refractivity contribution in [2.24, 2.45) is 5.73 Å². The summed E-state index contributed by atoms with van der Waals surface area (Å²) in [6.07, 6.45) is -4.78. The molecule has 114 valence electrons. The number of nitrogens with zero attached hydrogens (tertiary/aromatic N) is 1. The van der Waals surface area contributed by atoms with Gasteiger partial charge < -0.3 is 20.5 Å². The van der Waals surface area contributed by atoms with Crippen LogP contribution in [0.15, 0.2) is 12.1 Å². The lowest BCUT2D eigenvalue weighted by molar-refractivity contribution is -0.141. The van der Waals surface area contributed by atoms with Gasteiger partial charge in [-0.25, -0.2) is 4.98 Å². The monoisotopic (exact) mass is 293 g/mol. The van der Waals surface area contributed by atoms with Gasteiger partial charge in [-0.05, 0) is 6.07 Å². The minimum Gasteiger partial charge on any atom is -0.382 e. The Bertz CT molecular complexity index is 427. The van der Waals surface area contributed by atoms with E-state index in [4.69, 9.17) is 15.2 Å². The second-order valence-electron chi connectivity index (χ2n) is 4.10. The lowest BCUT2D eigenvalue weighted by Crippen LogP contribution is -2.27. The summed E-state index contributed by atoms with van der Waals surface area (Å²) in [4.78, 5) is 3.57. The Hall–Kier alpha value is -1.38. The lowest BCUT2D eigenvalue weighted by atomic mass is 10.2. The zero-order valence-electron chi connectivity index (χ0n) is 11.3. The van der Waals surface area contributed by atoms with Crippen molar-refractivity contribution < 1.29 is 22.6 Å². The van der Waals surface area contributed by atoms with E-state index < -0.39 is 11.9 Å². The van der Waals surface area contributed by atoms with E-state index in [0.29, 0.717) is 12.2 Å². The molecule has 1 heterocycles. The zero-order valence-corrected chi connectivity index (χ0v) is 11.3. The zero-order chi connectivity index (χ0) is 15.2. The molecule has 0 aliphatic heterocycles. The second kappa shape index (κ2) is 7.41. The first-order valence-corrected chi connectivity index (χ1v) is 5.95. The first-order valence-electron chi connectivity index (χ1n) is 5.95. The minimum atomic E-state index is -4.49. The van der Waals surface area contributed by atoms with Gasteiger partial charge in [0.2, 0.25) is 0 Å². The third kappa shape index (κ3) is 4.62. The van der Waals surface area contributed by atoms with Crippen LogP contribution in [0.3, 0.4) is 0 Å². The molecule has 0 fully saturated rings. The molecule has 0 amide bonds. The van der Waals surface area contributed by atoms with Gasteiger partial charge in [-0.3, -0.25) is 0 Å². The molecule has 0 spiro atoms. The van der Waals surface area contributed by atoms with Crippen LogP contribution in [0.5, 0.6) is 0 Å². The molecule has 1 aromatic heterocycles. The van der Waals surface area contributed by atoms with Crippen molar-refractivity contribution in [3.63, 3.8) is 0 Å². The standard InChI is InChI=1S/C12H18F3N3O2/c1-19-7-9(20-2)6-17-11-8(5-16)3-4-10(18-11)12(13,14)15/h3-4,9H,5-7,16H2,1-2H3,(H,17,18). The highest BCUT2D eigenvalue weighted by Crippen LogP contribution is 2.29. The van der Waals surface area contributed by atoms with Gasteiger partial charge in [0, 0.05) is 32.9 Å². The highest BCUT2D eigenvalue weighted by molar-refractivity contribution is 5.45. The number of anilines is 1. The summed E-state index contributed by atoms with van der Waals surface area (Å²) in [6.45, 7) is 0.682. The quantitative estimate of drug-likeness (QED) is 0.799. The average Bonchev–Trinajstić information content (AvgIpc) is 2.42. The van der Waals surface area contributed by atoms with Crippen molar-refractivity contribution in [3.05, 3.63) is 23.4 Å². The van der Waals surface area contributed by atoms with Crippen molar-refractivity contribution in [1.82, 2.24) is 4.98 Å². The smallest absolute Gasteiger partial charge is 0.382 e. The van der Waals surface area contributed by atoms with E-state index in [1.165, 1.54) is 20.3 Å². The van der Waals surface area contributed by atoms with Crippen molar-refractivity contribution in [2.75, 3.05) is 32.7 Å². The largest absolute Gasteiger partial charge is 0.433 e. The van der Waals surface area contributed by atoms with E-state index in [9.17, 15) is 13.2 Å². The topological polar surface area (TPSA) is 69.4 Å². The average molecular weight is 293 g/mol. The van der Waals surface area contributed by atoms with Crippen LogP contribution in [-0.2, 0) is 22.2 Å². The van der Waals surface area contributed by atoms with Crippen LogP contribution in [0.2, 0.25) is 0 Å². The summed E-state index contributed by atoms with van der Waals surface area (Å²) in [6, 6.07) is 2.23. The van der Waals surface area contributed by atoms with Crippen molar-refractivity contribution in [1.29, 1.82) is 0 Å². The molecule has 0 aliphatic carbocycles. The second-order valence-corrected chi connectivity index (χ2v) is 4.10. The van der Waals surface area contributed by atoms with E-state index in [0.717, 1.165) is 6.07 Å². The van der Waals surface area contributed by atoms with Crippen LogP contribution in [0, 0.1) is 0 Å². The fourth-order valence-corrected chi connectivity index (χ4v) is 1.57. The number of hydrogen-bond acceptors (Lipinski definition) is 5. The number of pyridine rings is 1. The van der Waals surface area contributed by atoms with Gasteiger partial charge in [-0.15, -0.1) is 0 Å². The third-order valence-corrected chi connectivity index (χ3v) is 2.67. The SMILES string of the molecule is COCC(CNc1nc(C(F)(F)F)ccc1CN)OC. The molecular weight excluding hydrogens is 275 g/mol. The lowest BCUT2D eigenvalue weighted by Gasteiger charge is -2.17. The molecular formula is C12H18F3N3O2. The number of methoxy groups -OCH3 is 2. The molecule has 0 aliphatic rings. The number of rotatable bonds is 7. The summed E-state index contributed by atoms with van der Waals surface area (Å²) in [5, 5.41) is 2.82. The summed E-state index contributed by atoms with van der Waals surface area (Å²) >= 11 is 0. The molecule has 0 bridgehead atoms. The number of alkyl halides is 3. The van der Waals surface area contributed by atoms with Crippen molar-refractivity contribution >= 4 is 5.82 Å². The Morgan fingerprint density at radius 1 is 1.35 bits per heavy atom. The molecule has 8 heteroatoms. The highest BCUT2D eigenvalue weighted by Gasteiger charge is 2.33. The summed E-state index contributed by atoms with van der Waals surface area (Å²) in [5.41, 5.74) is 5.03. The van der Waals surface area contributed by atoms with Crippen LogP contribution >= 0.6 is 0 Å². The number of hydrogen-bond donors (Lipinski definition) is 2. The number of nitrogens with one attached hydrogen (secondary N) is 1. The van der Waals surface area contributed by atoms with Gasteiger partial charge in [-0.1, -0.05) is 6.07 Å². The summed E-state index contributed by atoms with van der Waals surface area (Å²) in [7, 11) is 3.01. The first-order chi connectivity index (χ1) is 9.42. The molecule has 1 rings (SSSR count). The van der Waals surface area contributed by atoms with Crippen LogP contribution in [0.25, 0.3) is 0 Å². The molecule has 0 saturated heterocycles. The normalized spacial score (nSPS) is 13.3. The van der Waals surface area contributed by atoms with Crippen LogP contribution in [0.4, 0.5) is 19.0 Å². The van der Waals surface area contributed by atoms with E-state index in [1.807, 2.05) is 0 Å². The Morgan fingerprint density at radius 2 is 2.05 bits per heavy atom. The van der Waals surface area contributed by atoms with Crippen LogP contribution in [-0.4, -0.2) is 38.5 Å². The Morgan fingerprint density at radius 3 is 2.55 bits per heavy atom. The maximum Gasteiger partial charge on any atom is 0.433 e. The predicted molar refractivity (Wildman–Crippen MR) is 68.3 cm³/mol. The summed E-state index contributed by atoms with van der Waals surface area (Å²) in [5.74, 6) is 0.112. The van der Waals surface area contributed by atoms with Gasteiger partial charge in [0.15, 0.2) is 0 Å². The van der Waals surface area contributed by atoms with Gasteiger partial charge in [0.05, 0.1) is 12.7 Å². The maximum absolute atomic E-state index is 12.6. The van der Waals surface area contributed by atoms with E-state index in [-0.39, 0.29) is 25.0 Å². The number of ether oxygens (including phenoxy) is 2. The Balaban J connectivity index is 2.86. The summed E-state index contributed by atoms with van der Waals surface area (Å²) < 4.78 is 47.9.